The molecule has 0 bridgehead atoms. The van der Waals surface area contributed by atoms with E-state index in [1.807, 2.05) is 17.9 Å². The van der Waals surface area contributed by atoms with Gasteiger partial charge in [-0.15, -0.1) is 0 Å². The zero-order chi connectivity index (χ0) is 19.2. The average molecular weight is 423 g/mol. The molecule has 4 nitrogen and oxygen atoms in total. The van der Waals surface area contributed by atoms with Gasteiger partial charge in [-0.2, -0.15) is 30.0 Å². The molecule has 10 heteroatoms. The maximum absolute atomic E-state index is 12.2. The minimum atomic E-state index is -4.11. The van der Waals surface area contributed by atoms with Crippen molar-refractivity contribution in [1.29, 1.82) is 0 Å². The molecule has 0 aliphatic rings. The van der Waals surface area contributed by atoms with Crippen molar-refractivity contribution in [1.82, 2.24) is 14.8 Å². The van der Waals surface area contributed by atoms with Gasteiger partial charge >= 0.3 is 6.18 Å². The maximum Gasteiger partial charge on any atom is 0.389 e. The molecule has 0 fully saturated rings. The fraction of sp³-hybridized carbons (Fsp3) is 0.438. The number of aromatic nitrogens is 3. The molecule has 0 amide bonds. The Morgan fingerprint density at radius 2 is 2.15 bits per heavy atom. The van der Waals surface area contributed by atoms with E-state index in [0.717, 1.165) is 5.69 Å². The van der Waals surface area contributed by atoms with Gasteiger partial charge in [0.15, 0.2) is 5.15 Å². The van der Waals surface area contributed by atoms with Crippen LogP contribution in [-0.4, -0.2) is 44.0 Å². The van der Waals surface area contributed by atoms with Gasteiger partial charge < -0.3 is 4.90 Å². The Kier molecular flexibility index (Phi) is 7.72. The third kappa shape index (κ3) is 6.14. The highest BCUT2D eigenvalue weighted by atomic mass is 35.5. The summed E-state index contributed by atoms with van der Waals surface area (Å²) in [6, 6.07) is 3.65. The van der Waals surface area contributed by atoms with Crippen LogP contribution in [0.5, 0.6) is 0 Å². The lowest BCUT2D eigenvalue weighted by Crippen LogP contribution is -2.29. The Labute approximate surface area is 164 Å². The van der Waals surface area contributed by atoms with E-state index in [4.69, 9.17) is 23.8 Å². The lowest BCUT2D eigenvalue weighted by atomic mass is 10.3. The minimum absolute atomic E-state index is 0.0396. The zero-order valence-corrected chi connectivity index (χ0v) is 16.4. The molecule has 2 aromatic heterocycles. The van der Waals surface area contributed by atoms with E-state index in [9.17, 15) is 13.2 Å². The Balaban J connectivity index is 1.97. The van der Waals surface area contributed by atoms with E-state index in [2.05, 4.69) is 10.1 Å². The van der Waals surface area contributed by atoms with Crippen molar-refractivity contribution >= 4 is 46.3 Å². The maximum atomic E-state index is 12.2. The summed E-state index contributed by atoms with van der Waals surface area (Å²) in [4.78, 5) is 6.52. The van der Waals surface area contributed by atoms with Crippen LogP contribution < -0.4 is 4.90 Å². The SMILES string of the molecule is CCN(C(=S)CCSCCC(F)(F)F)c1cn(-c2cccnc2)nc1Cl. The van der Waals surface area contributed by atoms with Crippen molar-refractivity contribution in [3.8, 4) is 5.69 Å². The molecule has 0 radical (unpaired) electrons. The Morgan fingerprint density at radius 3 is 2.77 bits per heavy atom. The lowest BCUT2D eigenvalue weighted by Gasteiger charge is -2.22. The van der Waals surface area contributed by atoms with Crippen molar-refractivity contribution in [2.24, 2.45) is 0 Å². The second kappa shape index (κ2) is 9.57. The first-order valence-electron chi connectivity index (χ1n) is 7.92. The highest BCUT2D eigenvalue weighted by Crippen LogP contribution is 2.27. The number of halogens is 4. The summed E-state index contributed by atoms with van der Waals surface area (Å²) in [7, 11) is 0. The number of anilines is 1. The molecule has 0 spiro atoms. The highest BCUT2D eigenvalue weighted by Gasteiger charge is 2.26. The van der Waals surface area contributed by atoms with E-state index in [-0.39, 0.29) is 5.75 Å². The third-order valence-corrected chi connectivity index (χ3v) is 5.14. The molecule has 0 aliphatic heterocycles. The summed E-state index contributed by atoms with van der Waals surface area (Å²) in [6.07, 6.45) is 0.702. The first-order valence-corrected chi connectivity index (χ1v) is 9.86. The number of rotatable bonds is 8. The van der Waals surface area contributed by atoms with Crippen molar-refractivity contribution in [3.05, 3.63) is 35.9 Å². The highest BCUT2D eigenvalue weighted by molar-refractivity contribution is 7.99. The van der Waals surface area contributed by atoms with Crippen molar-refractivity contribution < 1.29 is 13.2 Å². The van der Waals surface area contributed by atoms with Crippen LogP contribution in [0.25, 0.3) is 5.69 Å². The fourth-order valence-electron chi connectivity index (χ4n) is 2.21. The molecule has 0 unspecified atom stereocenters. The Hall–Kier alpha value is -1.32. The first kappa shape index (κ1) is 21.0. The molecule has 142 valence electrons. The zero-order valence-electron chi connectivity index (χ0n) is 14.0. The predicted octanol–water partition coefficient (Wildman–Crippen LogP) is 5.15. The second-order valence-electron chi connectivity index (χ2n) is 5.33. The standard InChI is InChI=1S/C16H18ClF3N4S2/c1-2-23(14(25)5-8-26-9-6-16(18,19)20)13-11-24(22-15(13)17)12-4-3-7-21-10-12/h3-4,7,10-11H,2,5-6,8-9H2,1H3. The van der Waals surface area contributed by atoms with E-state index >= 15 is 0 Å². The summed E-state index contributed by atoms with van der Waals surface area (Å²) < 4.78 is 38.1. The molecule has 0 atom stereocenters. The van der Waals surface area contributed by atoms with Gasteiger partial charge in [0.05, 0.1) is 35.2 Å². The molecule has 0 aromatic carbocycles. The number of pyridine rings is 1. The summed E-state index contributed by atoms with van der Waals surface area (Å²) in [5, 5.41) is 4.59. The molecule has 0 N–H and O–H groups in total. The Morgan fingerprint density at radius 1 is 1.38 bits per heavy atom. The van der Waals surface area contributed by atoms with Gasteiger partial charge in [-0.25, -0.2) is 4.68 Å². The van der Waals surface area contributed by atoms with Gasteiger partial charge in [0.25, 0.3) is 0 Å². The van der Waals surface area contributed by atoms with Gasteiger partial charge in [0, 0.05) is 24.9 Å². The smallest absolute Gasteiger partial charge is 0.332 e. The van der Waals surface area contributed by atoms with E-state index in [0.29, 0.717) is 34.5 Å². The summed E-state index contributed by atoms with van der Waals surface area (Å²) in [5.74, 6) is 0.567. The molecular weight excluding hydrogens is 405 g/mol. The second-order valence-corrected chi connectivity index (χ2v) is 7.38. The first-order chi connectivity index (χ1) is 12.3. The molecule has 0 saturated heterocycles. The van der Waals surface area contributed by atoms with Crippen LogP contribution in [0, 0.1) is 0 Å². The average Bonchev–Trinajstić information content (AvgIpc) is 2.97. The van der Waals surface area contributed by atoms with Crippen LogP contribution in [-0.2, 0) is 0 Å². The Bertz CT molecular complexity index is 722. The molecule has 26 heavy (non-hydrogen) atoms. The van der Waals surface area contributed by atoms with Crippen LogP contribution in [0.3, 0.4) is 0 Å². The number of thioether (sulfide) groups is 1. The summed E-state index contributed by atoms with van der Waals surface area (Å²) in [5.41, 5.74) is 1.44. The van der Waals surface area contributed by atoms with Crippen LogP contribution in [0.4, 0.5) is 18.9 Å². The predicted molar refractivity (Wildman–Crippen MR) is 105 cm³/mol. The van der Waals surface area contributed by atoms with E-state index in [1.165, 1.54) is 11.8 Å². The monoisotopic (exact) mass is 422 g/mol. The van der Waals surface area contributed by atoms with Gasteiger partial charge in [0.2, 0.25) is 0 Å². The van der Waals surface area contributed by atoms with Crippen molar-refractivity contribution in [2.75, 3.05) is 23.0 Å². The van der Waals surface area contributed by atoms with E-state index < -0.39 is 12.6 Å². The minimum Gasteiger partial charge on any atom is -0.332 e. The van der Waals surface area contributed by atoms with Gasteiger partial charge in [-0.05, 0) is 24.8 Å². The third-order valence-electron chi connectivity index (χ3n) is 3.46. The lowest BCUT2D eigenvalue weighted by molar-refractivity contribution is -0.129. The van der Waals surface area contributed by atoms with Crippen LogP contribution >= 0.6 is 35.6 Å². The van der Waals surface area contributed by atoms with Crippen LogP contribution in [0.1, 0.15) is 19.8 Å². The number of alkyl halides is 3. The van der Waals surface area contributed by atoms with Crippen LogP contribution in [0.15, 0.2) is 30.7 Å². The number of nitrogens with zero attached hydrogens (tertiary/aromatic N) is 4. The van der Waals surface area contributed by atoms with Crippen LogP contribution in [0.2, 0.25) is 5.15 Å². The summed E-state index contributed by atoms with van der Waals surface area (Å²) in [6.45, 7) is 2.52. The molecule has 0 saturated carbocycles. The number of hydrogen-bond donors (Lipinski definition) is 0. The molecule has 0 aliphatic carbocycles. The van der Waals surface area contributed by atoms with Gasteiger partial charge in [0.1, 0.15) is 0 Å². The normalized spacial score (nSPS) is 11.6. The topological polar surface area (TPSA) is 34.0 Å². The quantitative estimate of drug-likeness (QED) is 0.434. The van der Waals surface area contributed by atoms with Crippen molar-refractivity contribution in [3.63, 3.8) is 0 Å². The van der Waals surface area contributed by atoms with Gasteiger partial charge in [-0.1, -0.05) is 23.8 Å². The number of thiocarbonyl (C=S) groups is 1. The summed E-state index contributed by atoms with van der Waals surface area (Å²) >= 11 is 13.0. The fourth-order valence-corrected chi connectivity index (χ4v) is 3.82. The van der Waals surface area contributed by atoms with E-state index in [1.54, 1.807) is 29.3 Å². The van der Waals surface area contributed by atoms with Crippen molar-refractivity contribution in [2.45, 2.75) is 25.9 Å². The van der Waals surface area contributed by atoms with Gasteiger partial charge in [-0.3, -0.25) is 4.98 Å². The molecule has 2 rings (SSSR count). The number of hydrogen-bond acceptors (Lipinski definition) is 4. The largest absolute Gasteiger partial charge is 0.389 e. The molecule has 2 heterocycles. The molecule has 2 aromatic rings. The molecular formula is C16H18ClF3N4S2.